The third-order valence-electron chi connectivity index (χ3n) is 13.1. The Labute approximate surface area is 377 Å². The second-order valence-electron chi connectivity index (χ2n) is 17.3. The molecule has 0 fully saturated rings. The van der Waals surface area contributed by atoms with E-state index in [9.17, 15) is 0 Å². The van der Waals surface area contributed by atoms with Gasteiger partial charge in [-0.05, 0) is 120 Å². The van der Waals surface area contributed by atoms with Crippen LogP contribution in [0, 0.1) is 0 Å². The van der Waals surface area contributed by atoms with Gasteiger partial charge in [0.1, 0.15) is 0 Å². The van der Waals surface area contributed by atoms with Gasteiger partial charge in [0.2, 0.25) is 0 Å². The van der Waals surface area contributed by atoms with E-state index in [1.165, 1.54) is 89.0 Å². The van der Waals surface area contributed by atoms with Crippen molar-refractivity contribution in [2.75, 3.05) is 4.90 Å². The summed E-state index contributed by atoms with van der Waals surface area (Å²) in [4.78, 5) is 2.47. The molecular formula is C63H47N. The maximum absolute atomic E-state index is 2.47. The zero-order chi connectivity index (χ0) is 43.0. The van der Waals surface area contributed by atoms with E-state index in [-0.39, 0.29) is 5.41 Å². The highest BCUT2D eigenvalue weighted by atomic mass is 15.1. The average molecular weight is 818 g/mol. The number of benzene rings is 10. The molecule has 0 bridgehead atoms. The Kier molecular flexibility index (Phi) is 9.94. The van der Waals surface area contributed by atoms with Crippen LogP contribution in [0.5, 0.6) is 0 Å². The summed E-state index contributed by atoms with van der Waals surface area (Å²) in [5, 5.41) is 0. The van der Waals surface area contributed by atoms with Crippen molar-refractivity contribution in [2.24, 2.45) is 0 Å². The molecule has 64 heavy (non-hydrogen) atoms. The van der Waals surface area contributed by atoms with Gasteiger partial charge in [0, 0.05) is 22.4 Å². The van der Waals surface area contributed by atoms with Crippen LogP contribution in [0.4, 0.5) is 17.1 Å². The predicted molar refractivity (Wildman–Crippen MR) is 271 cm³/mol. The lowest BCUT2D eigenvalue weighted by molar-refractivity contribution is 0.660. The highest BCUT2D eigenvalue weighted by Crippen LogP contribution is 2.53. The van der Waals surface area contributed by atoms with Crippen LogP contribution in [0.2, 0.25) is 0 Å². The average Bonchev–Trinajstić information content (AvgIpc) is 3.61. The van der Waals surface area contributed by atoms with Crippen molar-refractivity contribution in [3.63, 3.8) is 0 Å². The first-order valence-corrected chi connectivity index (χ1v) is 22.3. The molecule has 0 heterocycles. The number of nitrogens with zero attached hydrogens (tertiary/aromatic N) is 1. The van der Waals surface area contributed by atoms with Crippen LogP contribution in [0.1, 0.15) is 25.0 Å². The van der Waals surface area contributed by atoms with Crippen molar-refractivity contribution in [3.05, 3.63) is 260 Å². The maximum atomic E-state index is 2.47. The van der Waals surface area contributed by atoms with E-state index in [4.69, 9.17) is 0 Å². The van der Waals surface area contributed by atoms with Gasteiger partial charge in [0.05, 0.1) is 5.69 Å². The number of fused-ring (bicyclic) bond motifs is 3. The Bertz CT molecular complexity index is 3270. The Balaban J connectivity index is 1.13. The SMILES string of the molecule is CC1(C)c2ccccc2-c2c(-c3cccc(N(c4ccc(-c5cccc(-c6ccccc6)c5)cc4)c4cccc(-c5ccccc5)c4-c4ccccc4-c4ccccc4)c3)cccc21. The largest absolute Gasteiger partial charge is 0.310 e. The third kappa shape index (κ3) is 6.93. The van der Waals surface area contributed by atoms with E-state index < -0.39 is 0 Å². The van der Waals surface area contributed by atoms with Crippen molar-refractivity contribution < 1.29 is 0 Å². The zero-order valence-corrected chi connectivity index (χ0v) is 36.1. The topological polar surface area (TPSA) is 3.24 Å². The molecule has 0 atom stereocenters. The number of hydrogen-bond acceptors (Lipinski definition) is 1. The van der Waals surface area contributed by atoms with E-state index in [1.807, 2.05) is 0 Å². The molecule has 1 aliphatic carbocycles. The fraction of sp³-hybridized carbons (Fsp3) is 0.0476. The van der Waals surface area contributed by atoms with E-state index >= 15 is 0 Å². The molecule has 0 N–H and O–H groups in total. The van der Waals surface area contributed by atoms with Crippen molar-refractivity contribution in [3.8, 4) is 77.9 Å². The smallest absolute Gasteiger partial charge is 0.0546 e. The van der Waals surface area contributed by atoms with Gasteiger partial charge in [-0.2, -0.15) is 0 Å². The first kappa shape index (κ1) is 38.9. The van der Waals surface area contributed by atoms with Crippen molar-refractivity contribution in [1.29, 1.82) is 0 Å². The quantitative estimate of drug-likeness (QED) is 0.140. The van der Waals surface area contributed by atoms with Gasteiger partial charge >= 0.3 is 0 Å². The summed E-state index contributed by atoms with van der Waals surface area (Å²) in [5.41, 5.74) is 22.9. The second-order valence-corrected chi connectivity index (χ2v) is 17.3. The highest BCUT2D eigenvalue weighted by molar-refractivity contribution is 6.02. The van der Waals surface area contributed by atoms with Gasteiger partial charge in [-0.15, -0.1) is 0 Å². The van der Waals surface area contributed by atoms with Crippen LogP contribution in [0.25, 0.3) is 77.9 Å². The highest BCUT2D eigenvalue weighted by Gasteiger charge is 2.36. The lowest BCUT2D eigenvalue weighted by Gasteiger charge is -2.30. The first-order chi connectivity index (χ1) is 31.5. The summed E-state index contributed by atoms with van der Waals surface area (Å²) in [6.45, 7) is 4.71. The van der Waals surface area contributed by atoms with E-state index in [2.05, 4.69) is 267 Å². The Morgan fingerprint density at radius 3 is 1.41 bits per heavy atom. The molecule has 0 aromatic heterocycles. The van der Waals surface area contributed by atoms with Crippen molar-refractivity contribution >= 4 is 17.1 Å². The first-order valence-electron chi connectivity index (χ1n) is 22.3. The molecule has 0 spiro atoms. The Morgan fingerprint density at radius 1 is 0.266 bits per heavy atom. The van der Waals surface area contributed by atoms with E-state index in [0.717, 1.165) is 17.1 Å². The molecular weight excluding hydrogens is 771 g/mol. The van der Waals surface area contributed by atoms with Crippen LogP contribution in [-0.2, 0) is 5.41 Å². The minimum absolute atomic E-state index is 0.0904. The van der Waals surface area contributed by atoms with E-state index in [1.54, 1.807) is 0 Å². The number of hydrogen-bond donors (Lipinski definition) is 0. The summed E-state index contributed by atoms with van der Waals surface area (Å²) >= 11 is 0. The molecule has 10 aromatic rings. The summed E-state index contributed by atoms with van der Waals surface area (Å²) in [7, 11) is 0. The van der Waals surface area contributed by atoms with Crippen LogP contribution < -0.4 is 4.90 Å². The minimum atomic E-state index is -0.0904. The fourth-order valence-electron chi connectivity index (χ4n) is 9.99. The van der Waals surface area contributed by atoms with Gasteiger partial charge < -0.3 is 4.90 Å². The molecule has 1 heteroatoms. The summed E-state index contributed by atoms with van der Waals surface area (Å²) < 4.78 is 0. The molecule has 0 saturated heterocycles. The molecule has 1 nitrogen and oxygen atoms in total. The lowest BCUT2D eigenvalue weighted by Crippen LogP contribution is -2.14. The minimum Gasteiger partial charge on any atom is -0.310 e. The lowest BCUT2D eigenvalue weighted by atomic mass is 9.82. The number of anilines is 3. The molecule has 0 unspecified atom stereocenters. The van der Waals surface area contributed by atoms with Gasteiger partial charge in [-0.1, -0.05) is 226 Å². The molecule has 0 amide bonds. The summed E-state index contributed by atoms with van der Waals surface area (Å²) in [6.07, 6.45) is 0. The van der Waals surface area contributed by atoms with Gasteiger partial charge in [0.25, 0.3) is 0 Å². The molecule has 0 aliphatic heterocycles. The van der Waals surface area contributed by atoms with Crippen LogP contribution in [0.15, 0.2) is 249 Å². The van der Waals surface area contributed by atoms with E-state index in [0.29, 0.717) is 0 Å². The van der Waals surface area contributed by atoms with Crippen LogP contribution in [0.3, 0.4) is 0 Å². The third-order valence-corrected chi connectivity index (χ3v) is 13.1. The second kappa shape index (κ2) is 16.4. The fourth-order valence-corrected chi connectivity index (χ4v) is 9.99. The van der Waals surface area contributed by atoms with Crippen LogP contribution >= 0.6 is 0 Å². The normalized spacial score (nSPS) is 12.3. The monoisotopic (exact) mass is 817 g/mol. The Hall–Kier alpha value is -8.00. The predicted octanol–water partition coefficient (Wildman–Crippen LogP) is 17.5. The van der Waals surface area contributed by atoms with Gasteiger partial charge in [0.15, 0.2) is 0 Å². The van der Waals surface area contributed by atoms with Crippen LogP contribution in [-0.4, -0.2) is 0 Å². The molecule has 304 valence electrons. The molecule has 0 saturated carbocycles. The molecule has 10 aromatic carbocycles. The Morgan fingerprint density at radius 2 is 0.719 bits per heavy atom. The standard InChI is InChI=1S/C63H47N/c1-63(2)58-35-15-14-32-57(58)61-55(33-18-36-59(61)63)50-28-17-29-52(43-50)64(51-40-38-45(39-41-51)49-27-16-26-48(42-49)44-20-6-3-7-21-44)60-37-19-34-54(47-24-10-5-11-25-47)62(60)56-31-13-12-30-53(56)46-22-8-4-9-23-46/h3-43H,1-2H3. The molecule has 1 aliphatic rings. The van der Waals surface area contributed by atoms with Crippen molar-refractivity contribution in [2.45, 2.75) is 19.3 Å². The zero-order valence-electron chi connectivity index (χ0n) is 36.1. The molecule has 0 radical (unpaired) electrons. The number of rotatable bonds is 9. The van der Waals surface area contributed by atoms with Gasteiger partial charge in [-0.25, -0.2) is 0 Å². The van der Waals surface area contributed by atoms with Crippen molar-refractivity contribution in [1.82, 2.24) is 0 Å². The summed E-state index contributed by atoms with van der Waals surface area (Å²) in [6, 6.07) is 90.9. The maximum Gasteiger partial charge on any atom is 0.0546 e. The van der Waals surface area contributed by atoms with Gasteiger partial charge in [-0.3, -0.25) is 0 Å². The molecule has 11 rings (SSSR count). The summed E-state index contributed by atoms with van der Waals surface area (Å²) in [5.74, 6) is 0.